The van der Waals surface area contributed by atoms with Crippen molar-refractivity contribution in [2.24, 2.45) is 5.92 Å². The summed E-state index contributed by atoms with van der Waals surface area (Å²) in [5, 5.41) is 15.6. The molecule has 3 N–H and O–H groups in total. The zero-order valence-corrected chi connectivity index (χ0v) is 16.9. The molecule has 0 fully saturated rings. The highest BCUT2D eigenvalue weighted by Gasteiger charge is 2.21. The summed E-state index contributed by atoms with van der Waals surface area (Å²) in [6, 6.07) is 11.8. The largest absolute Gasteiger partial charge is 0.483 e. The van der Waals surface area contributed by atoms with E-state index in [1.54, 1.807) is 18.2 Å². The van der Waals surface area contributed by atoms with Crippen LogP contribution in [0.4, 0.5) is 5.69 Å². The molecule has 6 nitrogen and oxygen atoms in total. The number of carboxylic acids is 1. The number of ether oxygens (including phenoxy) is 1. The van der Waals surface area contributed by atoms with E-state index in [0.717, 1.165) is 5.56 Å². The van der Waals surface area contributed by atoms with Gasteiger partial charge in [0.15, 0.2) is 6.61 Å². The minimum absolute atomic E-state index is 0.0821. The number of benzene rings is 2. The summed E-state index contributed by atoms with van der Waals surface area (Å²) >= 11 is 6.06. The maximum absolute atomic E-state index is 12.1. The summed E-state index contributed by atoms with van der Waals surface area (Å²) in [6.45, 7) is 5.71. The fraction of sp³-hybridized carbons (Fsp3) is 0.333. The zero-order chi connectivity index (χ0) is 20.7. The van der Waals surface area contributed by atoms with Crippen molar-refractivity contribution in [3.63, 3.8) is 0 Å². The molecule has 2 aromatic rings. The van der Waals surface area contributed by atoms with E-state index < -0.39 is 12.0 Å². The van der Waals surface area contributed by atoms with E-state index in [4.69, 9.17) is 16.3 Å². The molecule has 0 saturated heterocycles. The number of hydrogen-bond donors (Lipinski definition) is 3. The molecule has 0 bridgehead atoms. The van der Waals surface area contributed by atoms with Crippen LogP contribution in [-0.2, 0) is 16.1 Å². The van der Waals surface area contributed by atoms with Crippen LogP contribution < -0.4 is 15.4 Å². The Morgan fingerprint density at radius 3 is 2.43 bits per heavy atom. The minimum atomic E-state index is -0.919. The van der Waals surface area contributed by atoms with E-state index in [0.29, 0.717) is 22.0 Å². The second-order valence-electron chi connectivity index (χ2n) is 6.90. The highest BCUT2D eigenvalue weighted by Crippen LogP contribution is 2.23. The highest BCUT2D eigenvalue weighted by molar-refractivity contribution is 6.30. The van der Waals surface area contributed by atoms with Crippen LogP contribution >= 0.6 is 11.6 Å². The molecule has 2 aromatic carbocycles. The first-order valence-electron chi connectivity index (χ1n) is 9.00. The number of hydrogen-bond acceptors (Lipinski definition) is 4. The first-order valence-corrected chi connectivity index (χ1v) is 9.38. The van der Waals surface area contributed by atoms with Crippen molar-refractivity contribution in [1.29, 1.82) is 0 Å². The van der Waals surface area contributed by atoms with Gasteiger partial charge >= 0.3 is 5.97 Å². The number of nitrogens with one attached hydrogen (secondary N) is 2. The minimum Gasteiger partial charge on any atom is -0.483 e. The van der Waals surface area contributed by atoms with Gasteiger partial charge in [-0.2, -0.15) is 0 Å². The van der Waals surface area contributed by atoms with Crippen molar-refractivity contribution >= 4 is 29.2 Å². The molecule has 0 aromatic heterocycles. The molecular formula is C21H25ClN2O4. The number of amides is 1. The summed E-state index contributed by atoms with van der Waals surface area (Å²) in [7, 11) is 0. The SMILES string of the molecule is Cc1ccc(NC(=O)COc2ccc(Cl)cc2CNC(C(=O)O)C(C)C)cc1. The molecule has 1 unspecified atom stereocenters. The van der Waals surface area contributed by atoms with Gasteiger partial charge in [-0.1, -0.05) is 43.1 Å². The van der Waals surface area contributed by atoms with Gasteiger partial charge in [-0.05, 0) is 43.2 Å². The molecule has 7 heteroatoms. The number of carboxylic acid groups (broad SMARTS) is 1. The predicted molar refractivity (Wildman–Crippen MR) is 110 cm³/mol. The summed E-state index contributed by atoms with van der Waals surface area (Å²) < 4.78 is 5.65. The first-order chi connectivity index (χ1) is 13.3. The maximum atomic E-state index is 12.1. The first kappa shape index (κ1) is 21.7. The van der Waals surface area contributed by atoms with E-state index in [9.17, 15) is 14.7 Å². The standard InChI is InChI=1S/C21H25ClN2O4/c1-13(2)20(21(26)27)23-11-15-10-16(22)6-9-18(15)28-12-19(25)24-17-7-4-14(3)5-8-17/h4-10,13,20,23H,11-12H2,1-3H3,(H,24,25)(H,26,27). The Labute approximate surface area is 169 Å². The number of aryl methyl sites for hydroxylation is 1. The van der Waals surface area contributed by atoms with Crippen molar-refractivity contribution in [3.05, 3.63) is 58.6 Å². The van der Waals surface area contributed by atoms with Crippen LogP contribution in [0.2, 0.25) is 5.02 Å². The average molecular weight is 405 g/mol. The summed E-state index contributed by atoms with van der Waals surface area (Å²) in [4.78, 5) is 23.5. The lowest BCUT2D eigenvalue weighted by Crippen LogP contribution is -2.40. The molecule has 0 heterocycles. The van der Waals surface area contributed by atoms with Crippen LogP contribution in [0.15, 0.2) is 42.5 Å². The zero-order valence-electron chi connectivity index (χ0n) is 16.2. The quantitative estimate of drug-likeness (QED) is 0.590. The third-order valence-corrected chi connectivity index (χ3v) is 4.40. The fourth-order valence-electron chi connectivity index (χ4n) is 2.63. The van der Waals surface area contributed by atoms with E-state index in [-0.39, 0.29) is 25.0 Å². The second-order valence-corrected chi connectivity index (χ2v) is 7.33. The van der Waals surface area contributed by atoms with Crippen molar-refractivity contribution in [1.82, 2.24) is 5.32 Å². The number of halogens is 1. The van der Waals surface area contributed by atoms with Gasteiger partial charge in [-0.25, -0.2) is 0 Å². The lowest BCUT2D eigenvalue weighted by molar-refractivity contribution is -0.140. The molecule has 0 radical (unpaired) electrons. The Kier molecular flexibility index (Phi) is 7.84. The number of anilines is 1. The van der Waals surface area contributed by atoms with E-state index in [1.807, 2.05) is 45.0 Å². The van der Waals surface area contributed by atoms with Gasteiger partial charge in [0.2, 0.25) is 0 Å². The van der Waals surface area contributed by atoms with Crippen LogP contribution in [0.3, 0.4) is 0 Å². The molecule has 0 aliphatic rings. The highest BCUT2D eigenvalue weighted by atomic mass is 35.5. The molecule has 1 atom stereocenters. The summed E-state index contributed by atoms with van der Waals surface area (Å²) in [5.74, 6) is -0.814. The van der Waals surface area contributed by atoms with Crippen LogP contribution in [0.1, 0.15) is 25.0 Å². The summed E-state index contributed by atoms with van der Waals surface area (Å²) in [6.07, 6.45) is 0. The molecular weight excluding hydrogens is 380 g/mol. The normalized spacial score (nSPS) is 11.9. The topological polar surface area (TPSA) is 87.7 Å². The molecule has 0 spiro atoms. The monoisotopic (exact) mass is 404 g/mol. The van der Waals surface area contributed by atoms with Gasteiger partial charge < -0.3 is 15.2 Å². The number of rotatable bonds is 9. The van der Waals surface area contributed by atoms with Crippen LogP contribution in [-0.4, -0.2) is 29.6 Å². The van der Waals surface area contributed by atoms with E-state index >= 15 is 0 Å². The van der Waals surface area contributed by atoms with Crippen molar-refractivity contribution in [3.8, 4) is 5.75 Å². The Morgan fingerprint density at radius 2 is 1.82 bits per heavy atom. The lowest BCUT2D eigenvalue weighted by Gasteiger charge is -2.19. The van der Waals surface area contributed by atoms with Gasteiger partial charge in [0, 0.05) is 22.8 Å². The van der Waals surface area contributed by atoms with Gasteiger partial charge in [-0.15, -0.1) is 0 Å². The number of aliphatic carboxylic acids is 1. The molecule has 28 heavy (non-hydrogen) atoms. The predicted octanol–water partition coefficient (Wildman–Crippen LogP) is 3.86. The smallest absolute Gasteiger partial charge is 0.320 e. The number of carbonyl (C=O) groups excluding carboxylic acids is 1. The van der Waals surface area contributed by atoms with Crippen LogP contribution in [0.25, 0.3) is 0 Å². The third-order valence-electron chi connectivity index (χ3n) is 4.16. The van der Waals surface area contributed by atoms with E-state index in [2.05, 4.69) is 10.6 Å². The molecule has 0 aliphatic heterocycles. The third kappa shape index (κ3) is 6.55. The van der Waals surface area contributed by atoms with Gasteiger partial charge in [-0.3, -0.25) is 14.9 Å². The van der Waals surface area contributed by atoms with Crippen LogP contribution in [0.5, 0.6) is 5.75 Å². The van der Waals surface area contributed by atoms with Gasteiger partial charge in [0.05, 0.1) is 0 Å². The van der Waals surface area contributed by atoms with Crippen LogP contribution in [0, 0.1) is 12.8 Å². The maximum Gasteiger partial charge on any atom is 0.320 e. The molecule has 0 saturated carbocycles. The number of carbonyl (C=O) groups is 2. The molecule has 2 rings (SSSR count). The average Bonchev–Trinajstić information content (AvgIpc) is 2.62. The van der Waals surface area contributed by atoms with Crippen molar-refractivity contribution < 1.29 is 19.4 Å². The van der Waals surface area contributed by atoms with Crippen molar-refractivity contribution in [2.45, 2.75) is 33.4 Å². The van der Waals surface area contributed by atoms with Crippen molar-refractivity contribution in [2.75, 3.05) is 11.9 Å². The van der Waals surface area contributed by atoms with E-state index in [1.165, 1.54) is 0 Å². The second kappa shape index (κ2) is 10.1. The Morgan fingerprint density at radius 1 is 1.14 bits per heavy atom. The lowest BCUT2D eigenvalue weighted by atomic mass is 10.0. The molecule has 0 aliphatic carbocycles. The Bertz CT molecular complexity index is 822. The Balaban J connectivity index is 2.00. The summed E-state index contributed by atoms with van der Waals surface area (Å²) in [5.41, 5.74) is 2.48. The fourth-order valence-corrected chi connectivity index (χ4v) is 2.83. The molecule has 1 amide bonds. The van der Waals surface area contributed by atoms with Gasteiger partial charge in [0.1, 0.15) is 11.8 Å². The van der Waals surface area contributed by atoms with Gasteiger partial charge in [0.25, 0.3) is 5.91 Å². The molecule has 150 valence electrons. The Hall–Kier alpha value is -2.57.